The molecule has 5 heteroatoms. The number of aliphatic hydroxyl groups is 1. The summed E-state index contributed by atoms with van der Waals surface area (Å²) in [5, 5.41) is 9.67. The van der Waals surface area contributed by atoms with E-state index in [-0.39, 0.29) is 23.7 Å². The highest BCUT2D eigenvalue weighted by Crippen LogP contribution is 2.41. The van der Waals surface area contributed by atoms with Gasteiger partial charge in [0.25, 0.3) is 0 Å². The summed E-state index contributed by atoms with van der Waals surface area (Å²) < 4.78 is 48.8. The Bertz CT molecular complexity index is 889. The molecule has 2 nitrogen and oxygen atoms in total. The normalized spacial score (nSPS) is 24.7. The minimum atomic E-state index is -0.706. The van der Waals surface area contributed by atoms with Gasteiger partial charge in [0.05, 0.1) is 13.2 Å². The van der Waals surface area contributed by atoms with Crippen LogP contribution in [0.2, 0.25) is 0 Å². The van der Waals surface area contributed by atoms with Crippen LogP contribution >= 0.6 is 0 Å². The van der Waals surface area contributed by atoms with Crippen LogP contribution in [0.1, 0.15) is 94.1 Å². The van der Waals surface area contributed by atoms with Crippen LogP contribution in [-0.2, 0) is 4.74 Å². The van der Waals surface area contributed by atoms with E-state index in [4.69, 9.17) is 4.74 Å². The standard InChI is InChI=1S/C27H35F3O2.C3H6/c1-17(25(28)16-18(2)32-3)4-5-19-6-8-20(9-7-19)23-14-15-24(27(30)26(23)29)21-10-12-22(31)13-11-21;1-3-2/h14-16,19-22,31H,1-2,4-13H2,3H3;3H,1H2,2H3/b25-16+;. The Morgan fingerprint density at radius 3 is 1.89 bits per heavy atom. The fourth-order valence-electron chi connectivity index (χ4n) is 5.16. The van der Waals surface area contributed by atoms with Crippen LogP contribution in [0, 0.1) is 17.6 Å². The monoisotopic (exact) mass is 490 g/mol. The van der Waals surface area contributed by atoms with Gasteiger partial charge in [-0.3, -0.25) is 0 Å². The lowest BCUT2D eigenvalue weighted by Crippen LogP contribution is -2.19. The van der Waals surface area contributed by atoms with Crippen LogP contribution in [0.25, 0.3) is 0 Å². The molecule has 2 aliphatic rings. The van der Waals surface area contributed by atoms with E-state index in [1.165, 1.54) is 13.2 Å². The van der Waals surface area contributed by atoms with Crippen LogP contribution in [0.3, 0.4) is 0 Å². The zero-order valence-corrected chi connectivity index (χ0v) is 21.3. The number of benzene rings is 1. The lowest BCUT2D eigenvalue weighted by molar-refractivity contribution is 0.122. The molecular weight excluding hydrogens is 449 g/mol. The van der Waals surface area contributed by atoms with Crippen molar-refractivity contribution in [2.24, 2.45) is 5.92 Å². The van der Waals surface area contributed by atoms with Gasteiger partial charge >= 0.3 is 0 Å². The first-order valence-electron chi connectivity index (χ1n) is 12.7. The van der Waals surface area contributed by atoms with Crippen molar-refractivity contribution < 1.29 is 23.0 Å². The number of rotatable bonds is 8. The molecule has 0 heterocycles. The molecule has 0 saturated heterocycles. The minimum absolute atomic E-state index is 0.0127. The molecule has 1 N–H and O–H groups in total. The lowest BCUT2D eigenvalue weighted by Gasteiger charge is -2.30. The van der Waals surface area contributed by atoms with Gasteiger partial charge in [0, 0.05) is 6.08 Å². The average Bonchev–Trinajstić information content (AvgIpc) is 2.85. The summed E-state index contributed by atoms with van der Waals surface area (Å²) in [5.41, 5.74) is 1.37. The van der Waals surface area contributed by atoms with Crippen molar-refractivity contribution >= 4 is 0 Å². The molecule has 0 spiro atoms. The Kier molecular flexibility index (Phi) is 11.9. The Morgan fingerprint density at radius 1 is 0.971 bits per heavy atom. The highest BCUT2D eigenvalue weighted by atomic mass is 19.2. The molecule has 0 aliphatic heterocycles. The largest absolute Gasteiger partial charge is 0.497 e. The van der Waals surface area contributed by atoms with Gasteiger partial charge in [-0.05, 0) is 106 Å². The Balaban J connectivity index is 0.00000137. The van der Waals surface area contributed by atoms with Gasteiger partial charge in [-0.2, -0.15) is 0 Å². The zero-order chi connectivity index (χ0) is 26.0. The fraction of sp³-hybridized carbons (Fsp3) is 0.533. The second kappa shape index (κ2) is 14.3. The molecule has 0 atom stereocenters. The number of allylic oxidation sites excluding steroid dienone is 4. The van der Waals surface area contributed by atoms with Gasteiger partial charge < -0.3 is 9.84 Å². The van der Waals surface area contributed by atoms with E-state index < -0.39 is 17.5 Å². The number of halogens is 3. The van der Waals surface area contributed by atoms with E-state index in [1.807, 2.05) is 6.92 Å². The summed E-state index contributed by atoms with van der Waals surface area (Å²) in [5.74, 6) is -1.11. The maximum Gasteiger partial charge on any atom is 0.162 e. The van der Waals surface area contributed by atoms with Crippen molar-refractivity contribution in [1.82, 2.24) is 0 Å². The summed E-state index contributed by atoms with van der Waals surface area (Å²) in [4.78, 5) is 0. The van der Waals surface area contributed by atoms with E-state index in [1.54, 1.807) is 18.2 Å². The van der Waals surface area contributed by atoms with Crippen LogP contribution in [0.15, 0.2) is 61.2 Å². The third-order valence-electron chi connectivity index (χ3n) is 7.31. The molecule has 0 bridgehead atoms. The molecule has 3 rings (SSSR count). The van der Waals surface area contributed by atoms with Crippen molar-refractivity contribution in [3.8, 4) is 0 Å². The maximum absolute atomic E-state index is 15.0. The molecule has 2 aliphatic carbocycles. The quantitative estimate of drug-likeness (QED) is 0.224. The summed E-state index contributed by atoms with van der Waals surface area (Å²) in [7, 11) is 1.44. The molecule has 0 aromatic heterocycles. The zero-order valence-electron chi connectivity index (χ0n) is 21.3. The second-order valence-corrected chi connectivity index (χ2v) is 9.81. The Hall–Kier alpha value is -2.27. The van der Waals surface area contributed by atoms with Gasteiger partial charge in [-0.15, -0.1) is 6.58 Å². The van der Waals surface area contributed by atoms with Crippen LogP contribution in [-0.4, -0.2) is 18.3 Å². The van der Waals surface area contributed by atoms with Crippen molar-refractivity contribution in [2.45, 2.75) is 89.1 Å². The summed E-state index contributed by atoms with van der Waals surface area (Å²) >= 11 is 0. The highest BCUT2D eigenvalue weighted by molar-refractivity contribution is 5.32. The molecule has 35 heavy (non-hydrogen) atoms. The second-order valence-electron chi connectivity index (χ2n) is 9.81. The number of hydrogen-bond donors (Lipinski definition) is 1. The molecule has 0 unspecified atom stereocenters. The molecule has 1 aromatic rings. The first kappa shape index (κ1) is 29.0. The molecule has 1 aromatic carbocycles. The summed E-state index contributed by atoms with van der Waals surface area (Å²) in [6.45, 7) is 12.6. The lowest BCUT2D eigenvalue weighted by atomic mass is 9.76. The Morgan fingerprint density at radius 2 is 1.43 bits per heavy atom. The van der Waals surface area contributed by atoms with Crippen molar-refractivity contribution in [1.29, 1.82) is 0 Å². The minimum Gasteiger partial charge on any atom is -0.497 e. The van der Waals surface area contributed by atoms with Gasteiger partial charge in [-0.1, -0.05) is 31.4 Å². The Labute approximate surface area is 209 Å². The van der Waals surface area contributed by atoms with Gasteiger partial charge in [0.2, 0.25) is 0 Å². The highest BCUT2D eigenvalue weighted by Gasteiger charge is 2.29. The SMILES string of the molecule is C=C(/C=C(/F)C(=C)CCC1CCC(c2ccc(C3CCC(O)CC3)c(F)c2F)CC1)OC.C=CC. The third-order valence-corrected chi connectivity index (χ3v) is 7.31. The van der Waals surface area contributed by atoms with Gasteiger partial charge in [0.1, 0.15) is 11.6 Å². The van der Waals surface area contributed by atoms with Gasteiger partial charge in [0.15, 0.2) is 11.6 Å². The van der Waals surface area contributed by atoms with Crippen molar-refractivity contribution in [3.05, 3.63) is 83.9 Å². The van der Waals surface area contributed by atoms with E-state index in [0.29, 0.717) is 54.7 Å². The molecular formula is C30H41F3O2. The molecule has 2 fully saturated rings. The van der Waals surface area contributed by atoms with Crippen LogP contribution in [0.5, 0.6) is 0 Å². The summed E-state index contributed by atoms with van der Waals surface area (Å²) in [6, 6.07) is 3.53. The molecule has 0 amide bonds. The number of aliphatic hydroxyl groups excluding tert-OH is 1. The smallest absolute Gasteiger partial charge is 0.162 e. The van der Waals surface area contributed by atoms with E-state index >= 15 is 0 Å². The third kappa shape index (κ3) is 8.42. The molecule has 2 saturated carbocycles. The predicted octanol–water partition coefficient (Wildman–Crippen LogP) is 8.80. The topological polar surface area (TPSA) is 29.5 Å². The number of methoxy groups -OCH3 is 1. The molecule has 0 radical (unpaired) electrons. The fourth-order valence-corrected chi connectivity index (χ4v) is 5.16. The first-order chi connectivity index (χ1) is 16.7. The number of hydrogen-bond acceptors (Lipinski definition) is 2. The van der Waals surface area contributed by atoms with Crippen LogP contribution in [0.4, 0.5) is 13.2 Å². The van der Waals surface area contributed by atoms with Crippen molar-refractivity contribution in [3.63, 3.8) is 0 Å². The van der Waals surface area contributed by atoms with E-state index in [0.717, 1.165) is 32.1 Å². The summed E-state index contributed by atoms with van der Waals surface area (Å²) in [6.07, 6.45) is 10.2. The first-order valence-corrected chi connectivity index (χ1v) is 12.7. The van der Waals surface area contributed by atoms with Crippen molar-refractivity contribution in [2.75, 3.05) is 7.11 Å². The van der Waals surface area contributed by atoms with E-state index in [9.17, 15) is 18.3 Å². The average molecular weight is 491 g/mol. The van der Waals surface area contributed by atoms with E-state index in [2.05, 4.69) is 19.7 Å². The predicted molar refractivity (Wildman–Crippen MR) is 138 cm³/mol. The molecule has 194 valence electrons. The maximum atomic E-state index is 15.0. The van der Waals surface area contributed by atoms with Gasteiger partial charge in [-0.25, -0.2) is 13.2 Å². The van der Waals surface area contributed by atoms with Crippen LogP contribution < -0.4 is 0 Å². The number of ether oxygens (including phenoxy) is 1.